The van der Waals surface area contributed by atoms with Crippen molar-refractivity contribution < 1.29 is 9.00 Å². The molecule has 0 aromatic heterocycles. The van der Waals surface area contributed by atoms with E-state index in [0.717, 1.165) is 5.56 Å². The molecule has 1 rings (SSSR count). The van der Waals surface area contributed by atoms with E-state index in [1.54, 1.807) is 6.92 Å². The molecule has 3 N–H and O–H groups in total. The molecule has 1 aromatic carbocycles. The van der Waals surface area contributed by atoms with E-state index < -0.39 is 16.3 Å². The number of benzene rings is 1. The molecule has 0 bridgehead atoms. The molecule has 0 saturated heterocycles. The van der Waals surface area contributed by atoms with Gasteiger partial charge in [-0.2, -0.15) is 0 Å². The summed E-state index contributed by atoms with van der Waals surface area (Å²) in [7, 11) is -0.981. The average Bonchev–Trinajstić information content (AvgIpc) is 2.38. The van der Waals surface area contributed by atoms with Gasteiger partial charge in [-0.1, -0.05) is 30.3 Å². The first-order valence-corrected chi connectivity index (χ1v) is 7.99. The van der Waals surface area contributed by atoms with Crippen LogP contribution in [0.5, 0.6) is 0 Å². The zero-order chi connectivity index (χ0) is 15.4. The first kappa shape index (κ1) is 16.9. The minimum absolute atomic E-state index is 0.255. The largest absolute Gasteiger partial charge is 0.353 e. The molecule has 112 valence electrons. The van der Waals surface area contributed by atoms with Crippen molar-refractivity contribution in [2.45, 2.75) is 38.0 Å². The van der Waals surface area contributed by atoms with Gasteiger partial charge in [-0.3, -0.25) is 9.00 Å². The molecule has 0 radical (unpaired) electrons. The first-order valence-electron chi connectivity index (χ1n) is 6.67. The average molecular weight is 296 g/mol. The summed E-state index contributed by atoms with van der Waals surface area (Å²) in [6.45, 7) is 7.80. The van der Waals surface area contributed by atoms with Crippen LogP contribution in [0.2, 0.25) is 0 Å². The van der Waals surface area contributed by atoms with Gasteiger partial charge in [0.1, 0.15) is 5.54 Å². The fourth-order valence-corrected chi connectivity index (χ4v) is 2.56. The van der Waals surface area contributed by atoms with E-state index in [2.05, 4.69) is 5.32 Å². The number of hydrogen-bond donors (Lipinski definition) is 2. The summed E-state index contributed by atoms with van der Waals surface area (Å²) in [6.07, 6.45) is 0. The molecule has 2 unspecified atom stereocenters. The summed E-state index contributed by atoms with van der Waals surface area (Å²) in [4.78, 5) is 12.2. The van der Waals surface area contributed by atoms with Crippen LogP contribution >= 0.6 is 0 Å². The Bertz CT molecular complexity index is 478. The van der Waals surface area contributed by atoms with Crippen LogP contribution in [-0.2, 0) is 21.1 Å². The molecule has 0 fully saturated rings. The lowest BCUT2D eigenvalue weighted by Crippen LogP contribution is -2.50. The van der Waals surface area contributed by atoms with Crippen molar-refractivity contribution in [2.24, 2.45) is 5.73 Å². The van der Waals surface area contributed by atoms with Gasteiger partial charge in [0.25, 0.3) is 0 Å². The normalized spacial score (nSPS) is 16.2. The Labute approximate surface area is 123 Å². The smallest absolute Gasteiger partial charge is 0.244 e. The van der Waals surface area contributed by atoms with Gasteiger partial charge in [0.15, 0.2) is 0 Å². The topological polar surface area (TPSA) is 72.2 Å². The van der Waals surface area contributed by atoms with Gasteiger partial charge in [0.05, 0.1) is 0 Å². The predicted octanol–water partition coefficient (Wildman–Crippen LogP) is 1.52. The fourth-order valence-electron chi connectivity index (χ4n) is 1.66. The molecular formula is C15H24N2O2S. The minimum atomic E-state index is -1.08. The van der Waals surface area contributed by atoms with E-state index in [0.29, 0.717) is 12.3 Å². The Morgan fingerprint density at radius 3 is 2.25 bits per heavy atom. The van der Waals surface area contributed by atoms with Crippen molar-refractivity contribution in [3.05, 3.63) is 35.9 Å². The summed E-state index contributed by atoms with van der Waals surface area (Å²) in [5, 5.41) is 2.77. The quantitative estimate of drug-likeness (QED) is 0.865. The zero-order valence-electron chi connectivity index (χ0n) is 12.6. The highest BCUT2D eigenvalue weighted by molar-refractivity contribution is 7.86. The number of carbonyl (C=O) groups is 1. The monoisotopic (exact) mass is 296 g/mol. The van der Waals surface area contributed by atoms with Crippen molar-refractivity contribution in [3.8, 4) is 0 Å². The standard InChI is InChI=1S/C15H24N2O2S/c1-14(2,3)20(19)11-10-17-13(18)15(4,16)12-8-6-5-7-9-12/h5-9H,10-11,16H2,1-4H3,(H,17,18). The van der Waals surface area contributed by atoms with E-state index in [4.69, 9.17) is 5.73 Å². The molecular weight excluding hydrogens is 272 g/mol. The Balaban J connectivity index is 2.57. The van der Waals surface area contributed by atoms with Gasteiger partial charge in [-0.15, -0.1) is 0 Å². The first-order chi connectivity index (χ1) is 9.15. The third-order valence-corrected chi connectivity index (χ3v) is 5.04. The highest BCUT2D eigenvalue weighted by atomic mass is 32.2. The van der Waals surface area contributed by atoms with Crippen LogP contribution in [0.1, 0.15) is 33.3 Å². The van der Waals surface area contributed by atoms with Gasteiger partial charge in [-0.05, 0) is 33.3 Å². The molecule has 0 spiro atoms. The minimum Gasteiger partial charge on any atom is -0.353 e. The van der Waals surface area contributed by atoms with E-state index in [-0.39, 0.29) is 10.7 Å². The van der Waals surface area contributed by atoms with Crippen LogP contribution < -0.4 is 11.1 Å². The maximum absolute atomic E-state index is 12.2. The van der Waals surface area contributed by atoms with Crippen molar-refractivity contribution >= 4 is 16.7 Å². The summed E-state index contributed by atoms with van der Waals surface area (Å²) >= 11 is 0. The van der Waals surface area contributed by atoms with Crippen LogP contribution in [0.15, 0.2) is 30.3 Å². The van der Waals surface area contributed by atoms with E-state index in [9.17, 15) is 9.00 Å². The second-order valence-corrected chi connectivity index (χ2v) is 8.31. The molecule has 4 nitrogen and oxygen atoms in total. The Morgan fingerprint density at radius 1 is 1.20 bits per heavy atom. The highest BCUT2D eigenvalue weighted by Gasteiger charge is 2.30. The summed E-state index contributed by atoms with van der Waals surface area (Å²) in [5.41, 5.74) is 5.78. The SMILES string of the molecule is CC(N)(C(=O)NCCS(=O)C(C)(C)C)c1ccccc1. The molecule has 2 atom stereocenters. The highest BCUT2D eigenvalue weighted by Crippen LogP contribution is 2.17. The lowest BCUT2D eigenvalue weighted by atomic mass is 9.92. The van der Waals surface area contributed by atoms with Gasteiger partial charge in [0, 0.05) is 27.8 Å². The molecule has 1 aromatic rings. The Kier molecular flexibility index (Phi) is 5.48. The van der Waals surface area contributed by atoms with Crippen molar-refractivity contribution in [1.82, 2.24) is 5.32 Å². The van der Waals surface area contributed by atoms with Crippen LogP contribution in [0.3, 0.4) is 0 Å². The number of amides is 1. The van der Waals surface area contributed by atoms with E-state index >= 15 is 0 Å². The Morgan fingerprint density at radius 2 is 1.75 bits per heavy atom. The third-order valence-electron chi connectivity index (χ3n) is 3.10. The van der Waals surface area contributed by atoms with Gasteiger partial charge >= 0.3 is 0 Å². The number of nitrogens with two attached hydrogens (primary N) is 1. The third kappa shape index (κ3) is 4.42. The molecule has 5 heteroatoms. The Hall–Kier alpha value is -1.20. The summed E-state index contributed by atoms with van der Waals surface area (Å²) < 4.78 is 11.6. The second-order valence-electron chi connectivity index (χ2n) is 5.99. The number of nitrogens with one attached hydrogen (secondary N) is 1. The number of hydrogen-bond acceptors (Lipinski definition) is 3. The van der Waals surface area contributed by atoms with Gasteiger partial charge in [0.2, 0.25) is 5.91 Å². The maximum atomic E-state index is 12.2. The maximum Gasteiger partial charge on any atom is 0.244 e. The van der Waals surface area contributed by atoms with Crippen molar-refractivity contribution in [1.29, 1.82) is 0 Å². The van der Waals surface area contributed by atoms with Crippen LogP contribution in [-0.4, -0.2) is 27.2 Å². The second kappa shape index (κ2) is 6.50. The number of carbonyl (C=O) groups excluding carboxylic acids is 1. The summed E-state index contributed by atoms with van der Waals surface area (Å²) in [6, 6.07) is 9.23. The lowest BCUT2D eigenvalue weighted by molar-refractivity contribution is -0.125. The van der Waals surface area contributed by atoms with Crippen LogP contribution in [0, 0.1) is 0 Å². The van der Waals surface area contributed by atoms with Crippen LogP contribution in [0.25, 0.3) is 0 Å². The van der Waals surface area contributed by atoms with Gasteiger partial charge < -0.3 is 11.1 Å². The molecule has 1 amide bonds. The summed E-state index contributed by atoms with van der Waals surface area (Å²) in [5.74, 6) is 0.176. The van der Waals surface area contributed by atoms with E-state index in [1.165, 1.54) is 0 Å². The molecule has 0 heterocycles. The number of rotatable bonds is 5. The van der Waals surface area contributed by atoms with Crippen LogP contribution in [0.4, 0.5) is 0 Å². The fraction of sp³-hybridized carbons (Fsp3) is 0.533. The molecule has 0 aliphatic carbocycles. The van der Waals surface area contributed by atoms with E-state index in [1.807, 2.05) is 51.1 Å². The van der Waals surface area contributed by atoms with Crippen molar-refractivity contribution in [3.63, 3.8) is 0 Å². The zero-order valence-corrected chi connectivity index (χ0v) is 13.4. The van der Waals surface area contributed by atoms with Crippen molar-refractivity contribution in [2.75, 3.05) is 12.3 Å². The predicted molar refractivity (Wildman–Crippen MR) is 83.8 cm³/mol. The molecule has 20 heavy (non-hydrogen) atoms. The van der Waals surface area contributed by atoms with Gasteiger partial charge in [-0.25, -0.2) is 0 Å². The molecule has 0 aliphatic heterocycles. The lowest BCUT2D eigenvalue weighted by Gasteiger charge is -2.24. The molecule has 0 saturated carbocycles. The molecule has 0 aliphatic rings.